The van der Waals surface area contributed by atoms with Crippen molar-refractivity contribution in [1.82, 2.24) is 4.57 Å². The summed E-state index contributed by atoms with van der Waals surface area (Å²) in [5.74, 6) is -0.359. The molecule has 2 aromatic rings. The Morgan fingerprint density at radius 3 is 2.71 bits per heavy atom. The first-order chi connectivity index (χ1) is 10.1. The fourth-order valence-electron chi connectivity index (χ4n) is 2.71. The number of thiophene rings is 1. The van der Waals surface area contributed by atoms with E-state index in [-0.39, 0.29) is 5.91 Å². The van der Waals surface area contributed by atoms with Gasteiger partial charge in [-0.3, -0.25) is 4.79 Å². The molecule has 2 N–H and O–H groups in total. The van der Waals surface area contributed by atoms with Gasteiger partial charge < -0.3 is 15.0 Å². The number of nitrogens with two attached hydrogens (primary N) is 1. The number of rotatable bonds is 7. The molecular formula is C16H22N2O2S. The average molecular weight is 306 g/mol. The van der Waals surface area contributed by atoms with Gasteiger partial charge in [0.05, 0.1) is 5.56 Å². The Morgan fingerprint density at radius 2 is 2.14 bits per heavy atom. The number of primary amides is 1. The van der Waals surface area contributed by atoms with Crippen molar-refractivity contribution in [3.05, 3.63) is 34.5 Å². The lowest BCUT2D eigenvalue weighted by Gasteiger charge is -2.09. The topological polar surface area (TPSA) is 57.2 Å². The van der Waals surface area contributed by atoms with Crippen molar-refractivity contribution in [2.45, 2.75) is 33.7 Å². The molecule has 0 radical (unpaired) electrons. The van der Waals surface area contributed by atoms with Gasteiger partial charge in [-0.2, -0.15) is 0 Å². The second kappa shape index (κ2) is 6.91. The summed E-state index contributed by atoms with van der Waals surface area (Å²) in [7, 11) is 0. The smallest absolute Gasteiger partial charge is 0.251 e. The van der Waals surface area contributed by atoms with E-state index < -0.39 is 0 Å². The van der Waals surface area contributed by atoms with Crippen LogP contribution in [0.1, 0.15) is 35.1 Å². The molecule has 0 aromatic carbocycles. The molecule has 0 bridgehead atoms. The van der Waals surface area contributed by atoms with Crippen LogP contribution in [0.2, 0.25) is 0 Å². The van der Waals surface area contributed by atoms with E-state index in [2.05, 4.69) is 11.5 Å². The average Bonchev–Trinajstić information content (AvgIpc) is 3.03. The lowest BCUT2D eigenvalue weighted by molar-refractivity contribution is 0.1000. The quantitative estimate of drug-likeness (QED) is 0.797. The molecule has 21 heavy (non-hydrogen) atoms. The Morgan fingerprint density at radius 1 is 1.38 bits per heavy atom. The van der Waals surface area contributed by atoms with E-state index in [1.54, 1.807) is 11.3 Å². The molecule has 0 saturated carbocycles. The maximum atomic E-state index is 11.9. The lowest BCUT2D eigenvalue weighted by Crippen LogP contribution is -2.13. The van der Waals surface area contributed by atoms with Crippen molar-refractivity contribution >= 4 is 17.2 Å². The monoisotopic (exact) mass is 306 g/mol. The number of amides is 1. The molecule has 0 fully saturated rings. The molecular weight excluding hydrogens is 284 g/mol. The maximum absolute atomic E-state index is 11.9. The molecule has 5 heteroatoms. The van der Waals surface area contributed by atoms with Crippen LogP contribution in [0.4, 0.5) is 0 Å². The highest BCUT2D eigenvalue weighted by Crippen LogP contribution is 2.35. The Kier molecular flexibility index (Phi) is 5.20. The molecule has 0 aliphatic carbocycles. The zero-order valence-electron chi connectivity index (χ0n) is 12.8. The predicted octanol–water partition coefficient (Wildman–Crippen LogP) is 3.36. The van der Waals surface area contributed by atoms with Gasteiger partial charge in [0.2, 0.25) is 0 Å². The van der Waals surface area contributed by atoms with Gasteiger partial charge in [0, 0.05) is 41.6 Å². The molecule has 0 atom stereocenters. The number of hydrogen-bond donors (Lipinski definition) is 1. The van der Waals surface area contributed by atoms with Crippen LogP contribution in [0.25, 0.3) is 10.4 Å². The van der Waals surface area contributed by atoms with Gasteiger partial charge >= 0.3 is 0 Å². The highest BCUT2D eigenvalue weighted by Gasteiger charge is 2.22. The Bertz CT molecular complexity index is 615. The van der Waals surface area contributed by atoms with E-state index in [1.807, 2.05) is 31.4 Å². The van der Waals surface area contributed by atoms with E-state index in [9.17, 15) is 4.79 Å². The van der Waals surface area contributed by atoms with Crippen LogP contribution in [0.5, 0.6) is 0 Å². The first-order valence-corrected chi connectivity index (χ1v) is 8.07. The highest BCUT2D eigenvalue weighted by molar-refractivity contribution is 7.13. The molecule has 2 heterocycles. The van der Waals surface area contributed by atoms with Crippen LogP contribution in [-0.4, -0.2) is 23.7 Å². The zero-order chi connectivity index (χ0) is 15.4. The third-order valence-electron chi connectivity index (χ3n) is 3.67. The van der Waals surface area contributed by atoms with Crippen LogP contribution < -0.4 is 5.73 Å². The summed E-state index contributed by atoms with van der Waals surface area (Å²) in [5, 5.41) is 2.02. The van der Waals surface area contributed by atoms with Gasteiger partial charge in [0.1, 0.15) is 0 Å². The number of carbonyl (C=O) groups excluding carboxylic acids is 1. The van der Waals surface area contributed by atoms with E-state index in [0.29, 0.717) is 5.56 Å². The molecule has 4 nitrogen and oxygen atoms in total. The standard InChI is InChI=1S/C16H22N2O2S/c1-4-20-9-6-8-18-11(2)14(13-7-5-10-21-13)15(12(18)3)16(17)19/h5,7,10H,4,6,8-9H2,1-3H3,(H2,17,19). The first kappa shape index (κ1) is 15.8. The van der Waals surface area contributed by atoms with Gasteiger partial charge in [-0.15, -0.1) is 11.3 Å². The minimum Gasteiger partial charge on any atom is -0.382 e. The van der Waals surface area contributed by atoms with E-state index >= 15 is 0 Å². The van der Waals surface area contributed by atoms with Gasteiger partial charge in [-0.25, -0.2) is 0 Å². The van der Waals surface area contributed by atoms with Gasteiger partial charge in [-0.1, -0.05) is 6.07 Å². The van der Waals surface area contributed by atoms with E-state index in [4.69, 9.17) is 10.5 Å². The van der Waals surface area contributed by atoms with Gasteiger partial charge in [-0.05, 0) is 38.6 Å². The van der Waals surface area contributed by atoms with Crippen molar-refractivity contribution in [3.63, 3.8) is 0 Å². The molecule has 0 spiro atoms. The SMILES string of the molecule is CCOCCCn1c(C)c(C(N)=O)c(-c2cccs2)c1C. The largest absolute Gasteiger partial charge is 0.382 e. The second-order valence-corrected chi connectivity index (χ2v) is 5.91. The van der Waals surface area contributed by atoms with Crippen LogP contribution >= 0.6 is 11.3 Å². The maximum Gasteiger partial charge on any atom is 0.251 e. The summed E-state index contributed by atoms with van der Waals surface area (Å²) < 4.78 is 7.56. The molecule has 2 aromatic heterocycles. The van der Waals surface area contributed by atoms with Crippen LogP contribution in [0.15, 0.2) is 17.5 Å². The predicted molar refractivity (Wildman–Crippen MR) is 86.8 cm³/mol. The molecule has 0 aliphatic heterocycles. The summed E-state index contributed by atoms with van der Waals surface area (Å²) in [4.78, 5) is 13.0. The van der Waals surface area contributed by atoms with Crippen LogP contribution in [0.3, 0.4) is 0 Å². The molecule has 0 saturated heterocycles. The molecule has 2 rings (SSSR count). The number of ether oxygens (including phenoxy) is 1. The van der Waals surface area contributed by atoms with Gasteiger partial charge in [0.15, 0.2) is 0 Å². The summed E-state index contributed by atoms with van der Waals surface area (Å²) in [6.45, 7) is 8.31. The number of carbonyl (C=O) groups is 1. The summed E-state index contributed by atoms with van der Waals surface area (Å²) in [5.41, 5.74) is 9.27. The van der Waals surface area contributed by atoms with Crippen molar-refractivity contribution in [3.8, 4) is 10.4 Å². The number of nitrogens with zero attached hydrogens (tertiary/aromatic N) is 1. The Labute approximate surface area is 129 Å². The van der Waals surface area contributed by atoms with Crippen LogP contribution in [0, 0.1) is 13.8 Å². The minimum absolute atomic E-state index is 0.359. The summed E-state index contributed by atoms with van der Waals surface area (Å²) in [6.07, 6.45) is 0.923. The first-order valence-electron chi connectivity index (χ1n) is 7.19. The summed E-state index contributed by atoms with van der Waals surface area (Å²) in [6, 6.07) is 4.02. The number of hydrogen-bond acceptors (Lipinski definition) is 3. The highest BCUT2D eigenvalue weighted by atomic mass is 32.1. The van der Waals surface area contributed by atoms with Crippen molar-refractivity contribution in [2.75, 3.05) is 13.2 Å². The normalized spacial score (nSPS) is 11.0. The Hall–Kier alpha value is -1.59. The van der Waals surface area contributed by atoms with Crippen molar-refractivity contribution < 1.29 is 9.53 Å². The number of aromatic nitrogens is 1. The van der Waals surface area contributed by atoms with E-state index in [0.717, 1.165) is 48.0 Å². The fourth-order valence-corrected chi connectivity index (χ4v) is 3.54. The second-order valence-electron chi connectivity index (χ2n) is 4.96. The molecule has 1 amide bonds. The molecule has 0 aliphatic rings. The van der Waals surface area contributed by atoms with Crippen molar-refractivity contribution in [1.29, 1.82) is 0 Å². The minimum atomic E-state index is -0.359. The van der Waals surface area contributed by atoms with Crippen LogP contribution in [-0.2, 0) is 11.3 Å². The molecule has 114 valence electrons. The van der Waals surface area contributed by atoms with Crippen molar-refractivity contribution in [2.24, 2.45) is 5.73 Å². The summed E-state index contributed by atoms with van der Waals surface area (Å²) >= 11 is 1.63. The zero-order valence-corrected chi connectivity index (χ0v) is 13.6. The Balaban J connectivity index is 2.39. The lowest BCUT2D eigenvalue weighted by atomic mass is 10.1. The van der Waals surface area contributed by atoms with Gasteiger partial charge in [0.25, 0.3) is 5.91 Å². The third-order valence-corrected chi connectivity index (χ3v) is 4.56. The third kappa shape index (κ3) is 3.19. The fraction of sp³-hybridized carbons (Fsp3) is 0.438. The van der Waals surface area contributed by atoms with E-state index in [1.165, 1.54) is 0 Å². The molecule has 0 unspecified atom stereocenters.